The largest absolute Gasteiger partial charge is 0.451 e. The van der Waals surface area contributed by atoms with Crippen LogP contribution in [0.4, 0.5) is 19.0 Å². The van der Waals surface area contributed by atoms with Gasteiger partial charge in [0.25, 0.3) is 0 Å². The molecule has 0 atom stereocenters. The number of hydrogen-bond donors (Lipinski definition) is 1. The summed E-state index contributed by atoms with van der Waals surface area (Å²) in [4.78, 5) is 12.3. The van der Waals surface area contributed by atoms with Gasteiger partial charge in [0.2, 0.25) is 5.82 Å². The molecule has 1 heterocycles. The van der Waals surface area contributed by atoms with E-state index in [9.17, 15) is 13.2 Å². The summed E-state index contributed by atoms with van der Waals surface area (Å²) in [5.41, 5.74) is 3.58. The van der Waals surface area contributed by atoms with Crippen LogP contribution in [-0.4, -0.2) is 9.97 Å². The van der Waals surface area contributed by atoms with Crippen molar-refractivity contribution in [3.8, 4) is 0 Å². The molecule has 118 valence electrons. The van der Waals surface area contributed by atoms with Crippen molar-refractivity contribution in [3.05, 3.63) is 66.0 Å². The van der Waals surface area contributed by atoms with E-state index in [1.165, 1.54) is 6.07 Å². The molecule has 23 heavy (non-hydrogen) atoms. The third kappa shape index (κ3) is 3.57. The van der Waals surface area contributed by atoms with Crippen molar-refractivity contribution in [1.29, 1.82) is 0 Å². The first-order valence-corrected chi connectivity index (χ1v) is 6.80. The Bertz CT molecular complexity index is 807. The zero-order valence-electron chi connectivity index (χ0n) is 11.8. The Balaban J connectivity index is 1.86. The molecule has 1 N–H and O–H groups in total. The summed E-state index contributed by atoms with van der Waals surface area (Å²) < 4.78 is 38.7. The van der Waals surface area contributed by atoms with Crippen molar-refractivity contribution < 1.29 is 18.0 Å². The molecule has 0 unspecified atom stereocenters. The van der Waals surface area contributed by atoms with Gasteiger partial charge in [0.05, 0.1) is 12.1 Å². The number of fused-ring (bicyclic) bond motifs is 1. The molecule has 0 amide bonds. The predicted octanol–water partition coefficient (Wildman–Crippen LogP) is 4.19. The number of nitrogens with zero attached hydrogens (tertiary/aromatic N) is 2. The van der Waals surface area contributed by atoms with Crippen molar-refractivity contribution in [1.82, 2.24) is 9.97 Å². The first-order valence-electron chi connectivity index (χ1n) is 6.80. The predicted molar refractivity (Wildman–Crippen MR) is 79.4 cm³/mol. The second-order valence-electron chi connectivity index (χ2n) is 4.79. The summed E-state index contributed by atoms with van der Waals surface area (Å²) >= 11 is 0. The van der Waals surface area contributed by atoms with E-state index < -0.39 is 12.0 Å². The highest BCUT2D eigenvalue weighted by Crippen LogP contribution is 2.30. The maximum atomic E-state index is 12.9. The van der Waals surface area contributed by atoms with Gasteiger partial charge in [0, 0.05) is 5.39 Å². The number of hydrogen-bond acceptors (Lipinski definition) is 4. The Morgan fingerprint density at radius 3 is 2.35 bits per heavy atom. The van der Waals surface area contributed by atoms with Crippen molar-refractivity contribution in [2.24, 2.45) is 0 Å². The highest BCUT2D eigenvalue weighted by molar-refractivity contribution is 5.88. The highest BCUT2D eigenvalue weighted by Gasteiger charge is 2.35. The molecule has 0 fully saturated rings. The molecule has 0 aliphatic heterocycles. The van der Waals surface area contributed by atoms with Crippen molar-refractivity contribution in [2.45, 2.75) is 12.8 Å². The second kappa shape index (κ2) is 6.21. The van der Waals surface area contributed by atoms with Gasteiger partial charge in [0.1, 0.15) is 0 Å². The van der Waals surface area contributed by atoms with Gasteiger partial charge in [-0.25, -0.2) is 15.4 Å². The molecule has 0 spiro atoms. The number of aromatic nitrogens is 2. The number of benzene rings is 2. The average Bonchev–Trinajstić information content (AvgIpc) is 2.55. The van der Waals surface area contributed by atoms with Crippen LogP contribution in [0.3, 0.4) is 0 Å². The topological polar surface area (TPSA) is 47.0 Å². The fraction of sp³-hybridized carbons (Fsp3) is 0.125. The number of nitrogens with one attached hydrogen (secondary N) is 1. The summed E-state index contributed by atoms with van der Waals surface area (Å²) in [6.07, 6.45) is -4.63. The first-order chi connectivity index (χ1) is 11.0. The van der Waals surface area contributed by atoms with E-state index in [1.807, 2.05) is 30.3 Å². The van der Waals surface area contributed by atoms with Crippen LogP contribution >= 0.6 is 0 Å². The molecule has 0 saturated heterocycles. The number of anilines is 1. The van der Waals surface area contributed by atoms with E-state index in [4.69, 9.17) is 4.84 Å². The van der Waals surface area contributed by atoms with Crippen LogP contribution in [0.5, 0.6) is 0 Å². The van der Waals surface area contributed by atoms with Crippen molar-refractivity contribution >= 4 is 16.7 Å². The summed E-state index contributed by atoms with van der Waals surface area (Å²) in [7, 11) is 0. The van der Waals surface area contributed by atoms with E-state index in [-0.39, 0.29) is 17.9 Å². The Labute approximate surface area is 129 Å². The molecule has 0 saturated carbocycles. The first kappa shape index (κ1) is 15.2. The molecule has 4 nitrogen and oxygen atoms in total. The van der Waals surface area contributed by atoms with Gasteiger partial charge in [-0.05, 0) is 17.7 Å². The third-order valence-electron chi connectivity index (χ3n) is 3.11. The minimum absolute atomic E-state index is 0.0149. The molecule has 0 aliphatic carbocycles. The summed E-state index contributed by atoms with van der Waals surface area (Å²) in [6, 6.07) is 15.7. The zero-order valence-corrected chi connectivity index (χ0v) is 11.8. The van der Waals surface area contributed by atoms with E-state index in [1.54, 1.807) is 18.2 Å². The van der Waals surface area contributed by atoms with Crippen molar-refractivity contribution in [3.63, 3.8) is 0 Å². The maximum Gasteiger partial charge on any atom is 0.451 e. The van der Waals surface area contributed by atoms with E-state index in [0.717, 1.165) is 5.56 Å². The van der Waals surface area contributed by atoms with Crippen LogP contribution in [0.25, 0.3) is 10.9 Å². The monoisotopic (exact) mass is 319 g/mol. The molecular weight excluding hydrogens is 307 g/mol. The third-order valence-corrected chi connectivity index (χ3v) is 3.11. The molecule has 0 radical (unpaired) electrons. The van der Waals surface area contributed by atoms with Gasteiger partial charge >= 0.3 is 6.18 Å². The second-order valence-corrected chi connectivity index (χ2v) is 4.79. The standard InChI is InChI=1S/C16H12F3N3O/c17-16(18,19)15-20-13-9-5-4-8-12(13)14(21-15)22-23-10-11-6-2-1-3-7-11/h1-9H,10H2,(H,20,21,22). The highest BCUT2D eigenvalue weighted by atomic mass is 19.4. The minimum atomic E-state index is -4.63. The quantitative estimate of drug-likeness (QED) is 0.732. The maximum absolute atomic E-state index is 12.9. The lowest BCUT2D eigenvalue weighted by molar-refractivity contribution is -0.144. The number of halogens is 3. The van der Waals surface area contributed by atoms with Gasteiger partial charge < -0.3 is 0 Å². The lowest BCUT2D eigenvalue weighted by Gasteiger charge is -2.12. The zero-order chi connectivity index (χ0) is 16.3. The van der Waals surface area contributed by atoms with Crippen LogP contribution in [0, 0.1) is 0 Å². The van der Waals surface area contributed by atoms with Crippen LogP contribution < -0.4 is 5.48 Å². The van der Waals surface area contributed by atoms with Crippen LogP contribution in [0.15, 0.2) is 54.6 Å². The van der Waals surface area contributed by atoms with Crippen LogP contribution in [0.2, 0.25) is 0 Å². The minimum Gasteiger partial charge on any atom is -0.270 e. The lowest BCUT2D eigenvalue weighted by atomic mass is 10.2. The molecule has 0 bridgehead atoms. The molecule has 3 rings (SSSR count). The smallest absolute Gasteiger partial charge is 0.270 e. The SMILES string of the molecule is FC(F)(F)c1nc(NOCc2ccccc2)c2ccccc2n1. The van der Waals surface area contributed by atoms with E-state index >= 15 is 0 Å². The summed E-state index contributed by atoms with van der Waals surface area (Å²) in [5.74, 6) is -1.22. The Morgan fingerprint density at radius 1 is 0.913 bits per heavy atom. The van der Waals surface area contributed by atoms with Gasteiger partial charge in [-0.1, -0.05) is 42.5 Å². The van der Waals surface area contributed by atoms with Gasteiger partial charge in [-0.15, -0.1) is 0 Å². The fourth-order valence-electron chi connectivity index (χ4n) is 2.04. The van der Waals surface area contributed by atoms with Crippen LogP contribution in [0.1, 0.15) is 11.4 Å². The van der Waals surface area contributed by atoms with E-state index in [2.05, 4.69) is 15.4 Å². The number of para-hydroxylation sites is 1. The number of alkyl halides is 3. The normalized spacial score (nSPS) is 11.6. The molecule has 2 aromatic carbocycles. The summed E-state index contributed by atoms with van der Waals surface area (Å²) in [6.45, 7) is 0.195. The van der Waals surface area contributed by atoms with Gasteiger partial charge in [0.15, 0.2) is 5.82 Å². The number of rotatable bonds is 4. The Kier molecular flexibility index (Phi) is 4.12. The molecular formula is C16H12F3N3O. The van der Waals surface area contributed by atoms with E-state index in [0.29, 0.717) is 5.39 Å². The molecule has 0 aliphatic rings. The Morgan fingerprint density at radius 2 is 1.61 bits per heavy atom. The summed E-state index contributed by atoms with van der Waals surface area (Å²) in [5, 5.41) is 0.452. The average molecular weight is 319 g/mol. The lowest BCUT2D eigenvalue weighted by Crippen LogP contribution is -2.14. The fourth-order valence-corrected chi connectivity index (χ4v) is 2.04. The molecule has 3 aromatic rings. The Hall–Kier alpha value is -2.67. The van der Waals surface area contributed by atoms with Crippen LogP contribution in [-0.2, 0) is 17.6 Å². The molecule has 1 aromatic heterocycles. The van der Waals surface area contributed by atoms with Crippen molar-refractivity contribution in [2.75, 3.05) is 5.48 Å². The molecule has 7 heteroatoms. The van der Waals surface area contributed by atoms with Gasteiger partial charge in [-0.3, -0.25) is 4.84 Å². The van der Waals surface area contributed by atoms with Gasteiger partial charge in [-0.2, -0.15) is 13.2 Å².